The molecule has 0 bridgehead atoms. The maximum Gasteiger partial charge on any atom is 0.416 e. The van der Waals surface area contributed by atoms with Crippen LogP contribution in [0.5, 0.6) is 0 Å². The van der Waals surface area contributed by atoms with Crippen LogP contribution >= 0.6 is 11.3 Å². The van der Waals surface area contributed by atoms with Crippen LogP contribution < -0.4 is 10.2 Å². The fourth-order valence-corrected chi connectivity index (χ4v) is 4.96. The molecule has 1 N–H and O–H groups in total. The standard InChI is InChI=1S/C24H28F3N3O5S/c1-4-34-22(32)19-15(3)20(23(33)35-5-2)36-21(19)28-18(31)14-29-9-11-30(12-10-29)17-8-6-7-16(13-17)24(25,26)27/h6-8,13H,4-5,9-12,14H2,1-3H3,(H,28,31). The van der Waals surface area contributed by atoms with Gasteiger partial charge in [-0.05, 0) is 44.5 Å². The minimum atomic E-state index is -4.41. The molecular weight excluding hydrogens is 499 g/mol. The molecule has 196 valence electrons. The lowest BCUT2D eigenvalue weighted by molar-refractivity contribution is -0.137. The fraction of sp³-hybridized carbons (Fsp3) is 0.458. The summed E-state index contributed by atoms with van der Waals surface area (Å²) in [5.41, 5.74) is 0.274. The highest BCUT2D eigenvalue weighted by atomic mass is 32.1. The predicted molar refractivity (Wildman–Crippen MR) is 130 cm³/mol. The largest absolute Gasteiger partial charge is 0.462 e. The van der Waals surface area contributed by atoms with Crippen LogP contribution in [0.1, 0.15) is 45.0 Å². The Morgan fingerprint density at radius 2 is 1.67 bits per heavy atom. The van der Waals surface area contributed by atoms with Gasteiger partial charge in [0.2, 0.25) is 5.91 Å². The molecule has 0 saturated carbocycles. The molecule has 1 aromatic carbocycles. The highest BCUT2D eigenvalue weighted by Gasteiger charge is 2.31. The Bertz CT molecular complexity index is 1110. The van der Waals surface area contributed by atoms with Gasteiger partial charge in [0.1, 0.15) is 9.88 Å². The first kappa shape index (κ1) is 27.5. The molecule has 1 aliphatic heterocycles. The number of hydrogen-bond acceptors (Lipinski definition) is 8. The second-order valence-electron chi connectivity index (χ2n) is 8.06. The number of anilines is 2. The summed E-state index contributed by atoms with van der Waals surface area (Å²) in [7, 11) is 0. The molecule has 1 saturated heterocycles. The molecule has 2 aromatic rings. The molecule has 3 rings (SSSR count). The van der Waals surface area contributed by atoms with E-state index in [0.29, 0.717) is 37.4 Å². The number of carbonyl (C=O) groups is 3. The third-order valence-electron chi connectivity index (χ3n) is 5.62. The first-order chi connectivity index (χ1) is 17.0. The number of nitrogens with one attached hydrogen (secondary N) is 1. The van der Waals surface area contributed by atoms with Gasteiger partial charge in [-0.3, -0.25) is 9.69 Å². The summed E-state index contributed by atoms with van der Waals surface area (Å²) in [4.78, 5) is 41.5. The number of hydrogen-bond donors (Lipinski definition) is 1. The molecule has 1 aromatic heterocycles. The summed E-state index contributed by atoms with van der Waals surface area (Å²) in [5.74, 6) is -1.62. The number of thiophene rings is 1. The van der Waals surface area contributed by atoms with Gasteiger partial charge in [-0.2, -0.15) is 13.2 Å². The minimum absolute atomic E-state index is 0.0182. The van der Waals surface area contributed by atoms with Crippen LogP contribution in [0, 0.1) is 6.92 Å². The van der Waals surface area contributed by atoms with E-state index in [-0.39, 0.29) is 41.1 Å². The van der Waals surface area contributed by atoms with Gasteiger partial charge < -0.3 is 19.7 Å². The van der Waals surface area contributed by atoms with E-state index in [1.165, 1.54) is 6.07 Å². The summed E-state index contributed by atoms with van der Waals surface area (Å²) in [6, 6.07) is 5.18. The van der Waals surface area contributed by atoms with Crippen LogP contribution in [-0.2, 0) is 20.4 Å². The molecule has 1 aliphatic rings. The number of ether oxygens (including phenoxy) is 2. The van der Waals surface area contributed by atoms with Crippen LogP contribution in [-0.4, -0.2) is 68.7 Å². The second kappa shape index (κ2) is 11.7. The van der Waals surface area contributed by atoms with Crippen molar-refractivity contribution in [2.24, 2.45) is 0 Å². The maximum absolute atomic E-state index is 13.0. The summed E-state index contributed by atoms with van der Waals surface area (Å²) >= 11 is 0.954. The average molecular weight is 528 g/mol. The normalized spacial score (nSPS) is 14.4. The van der Waals surface area contributed by atoms with Crippen LogP contribution in [0.2, 0.25) is 0 Å². The molecule has 8 nitrogen and oxygen atoms in total. The first-order valence-corrected chi connectivity index (χ1v) is 12.3. The Balaban J connectivity index is 1.65. The van der Waals surface area contributed by atoms with Gasteiger partial charge in [-0.25, -0.2) is 9.59 Å². The van der Waals surface area contributed by atoms with Crippen molar-refractivity contribution in [3.63, 3.8) is 0 Å². The molecule has 0 aliphatic carbocycles. The Hall–Kier alpha value is -3.12. The molecule has 0 spiro atoms. The zero-order valence-corrected chi connectivity index (χ0v) is 21.1. The second-order valence-corrected chi connectivity index (χ2v) is 9.08. The van der Waals surface area contributed by atoms with E-state index >= 15 is 0 Å². The first-order valence-electron chi connectivity index (χ1n) is 11.5. The summed E-state index contributed by atoms with van der Waals surface area (Å²) in [6.07, 6.45) is -4.41. The SMILES string of the molecule is CCOC(=O)c1sc(NC(=O)CN2CCN(c3cccc(C(F)(F)F)c3)CC2)c(C(=O)OCC)c1C. The molecule has 2 heterocycles. The number of amides is 1. The van der Waals surface area contributed by atoms with E-state index in [1.54, 1.807) is 26.8 Å². The lowest BCUT2D eigenvalue weighted by atomic mass is 10.1. The minimum Gasteiger partial charge on any atom is -0.462 e. The molecule has 0 atom stereocenters. The smallest absolute Gasteiger partial charge is 0.416 e. The Kier molecular flexibility index (Phi) is 8.96. The maximum atomic E-state index is 13.0. The molecular formula is C24H28F3N3O5S. The Morgan fingerprint density at radius 1 is 1.03 bits per heavy atom. The van der Waals surface area contributed by atoms with Crippen LogP contribution in [0.4, 0.5) is 23.9 Å². The van der Waals surface area contributed by atoms with E-state index < -0.39 is 23.7 Å². The van der Waals surface area contributed by atoms with Crippen LogP contribution in [0.15, 0.2) is 24.3 Å². The van der Waals surface area contributed by atoms with E-state index in [2.05, 4.69) is 5.32 Å². The van der Waals surface area contributed by atoms with Crippen molar-refractivity contribution in [2.75, 3.05) is 56.2 Å². The fourth-order valence-electron chi connectivity index (χ4n) is 3.85. The summed E-state index contributed by atoms with van der Waals surface area (Å²) in [5, 5.41) is 2.92. The van der Waals surface area contributed by atoms with Gasteiger partial charge in [0, 0.05) is 31.9 Å². The summed E-state index contributed by atoms with van der Waals surface area (Å²) < 4.78 is 49.2. The van der Waals surface area contributed by atoms with Gasteiger partial charge in [0.25, 0.3) is 0 Å². The number of alkyl halides is 3. The predicted octanol–water partition coefficient (Wildman–Crippen LogP) is 4.19. The lowest BCUT2D eigenvalue weighted by Gasteiger charge is -2.35. The molecule has 36 heavy (non-hydrogen) atoms. The molecule has 1 fully saturated rings. The van der Waals surface area contributed by atoms with Gasteiger partial charge in [0.05, 0.1) is 30.9 Å². The number of carbonyl (C=O) groups excluding carboxylic acids is 3. The van der Waals surface area contributed by atoms with Crippen molar-refractivity contribution in [2.45, 2.75) is 26.9 Å². The number of nitrogens with zero attached hydrogens (tertiary/aromatic N) is 2. The quantitative estimate of drug-likeness (QED) is 0.515. The Morgan fingerprint density at radius 3 is 2.28 bits per heavy atom. The van der Waals surface area contributed by atoms with E-state index in [0.717, 1.165) is 23.5 Å². The molecule has 1 amide bonds. The van der Waals surface area contributed by atoms with E-state index in [9.17, 15) is 27.6 Å². The molecule has 0 radical (unpaired) electrons. The monoisotopic (exact) mass is 527 g/mol. The number of halogens is 3. The number of esters is 2. The number of benzene rings is 1. The van der Waals surface area contributed by atoms with E-state index in [1.807, 2.05) is 9.80 Å². The third kappa shape index (κ3) is 6.55. The van der Waals surface area contributed by atoms with Crippen LogP contribution in [0.3, 0.4) is 0 Å². The van der Waals surface area contributed by atoms with Gasteiger partial charge in [0.15, 0.2) is 0 Å². The highest BCUT2D eigenvalue weighted by Crippen LogP contribution is 2.35. The van der Waals surface area contributed by atoms with Crippen molar-refractivity contribution in [3.05, 3.63) is 45.8 Å². The summed E-state index contributed by atoms with van der Waals surface area (Å²) in [6.45, 7) is 7.07. The average Bonchev–Trinajstić information content (AvgIpc) is 3.15. The van der Waals surface area contributed by atoms with Gasteiger partial charge in [-0.15, -0.1) is 11.3 Å². The van der Waals surface area contributed by atoms with E-state index in [4.69, 9.17) is 9.47 Å². The van der Waals surface area contributed by atoms with Crippen molar-refractivity contribution in [3.8, 4) is 0 Å². The van der Waals surface area contributed by atoms with Gasteiger partial charge >= 0.3 is 18.1 Å². The zero-order valence-electron chi connectivity index (χ0n) is 20.2. The lowest BCUT2D eigenvalue weighted by Crippen LogP contribution is -2.48. The number of rotatable bonds is 8. The molecule has 12 heteroatoms. The highest BCUT2D eigenvalue weighted by molar-refractivity contribution is 7.18. The number of piperazine rings is 1. The Labute approximate surface area is 211 Å². The zero-order chi connectivity index (χ0) is 26.5. The van der Waals surface area contributed by atoms with Crippen molar-refractivity contribution in [1.82, 2.24) is 4.90 Å². The molecule has 0 unspecified atom stereocenters. The van der Waals surface area contributed by atoms with Crippen molar-refractivity contribution >= 4 is 39.9 Å². The third-order valence-corrected chi connectivity index (χ3v) is 6.81. The van der Waals surface area contributed by atoms with Gasteiger partial charge in [-0.1, -0.05) is 6.07 Å². The van der Waals surface area contributed by atoms with Crippen molar-refractivity contribution < 1.29 is 37.0 Å². The topological polar surface area (TPSA) is 88.2 Å². The van der Waals surface area contributed by atoms with Crippen molar-refractivity contribution in [1.29, 1.82) is 0 Å². The van der Waals surface area contributed by atoms with Crippen LogP contribution in [0.25, 0.3) is 0 Å².